The van der Waals surface area contributed by atoms with E-state index in [1.54, 1.807) is 4.90 Å². The highest BCUT2D eigenvalue weighted by atomic mass is 32.2. The zero-order chi connectivity index (χ0) is 23.5. The third kappa shape index (κ3) is 4.74. The van der Waals surface area contributed by atoms with E-state index in [1.165, 1.54) is 17.3 Å². The third-order valence-electron chi connectivity index (χ3n) is 5.87. The molecule has 0 unspecified atom stereocenters. The van der Waals surface area contributed by atoms with Crippen molar-refractivity contribution < 1.29 is 9.59 Å². The molecule has 2 aromatic rings. The molecule has 0 saturated carbocycles. The summed E-state index contributed by atoms with van der Waals surface area (Å²) >= 11 is 1.33. The number of nitrogens with one attached hydrogen (secondary N) is 1. The summed E-state index contributed by atoms with van der Waals surface area (Å²) < 4.78 is 0. The van der Waals surface area contributed by atoms with Gasteiger partial charge in [0.1, 0.15) is 11.9 Å². The summed E-state index contributed by atoms with van der Waals surface area (Å²) in [5, 5.41) is 3.15. The number of amidine groups is 2. The Morgan fingerprint density at radius 1 is 1.12 bits per heavy atom. The number of hydrogen-bond donors (Lipinski definition) is 1. The van der Waals surface area contributed by atoms with E-state index in [4.69, 9.17) is 9.98 Å². The maximum atomic E-state index is 13.2. The molecule has 2 heterocycles. The van der Waals surface area contributed by atoms with Crippen molar-refractivity contribution in [1.82, 2.24) is 4.90 Å². The second-order valence-corrected chi connectivity index (χ2v) is 9.79. The lowest BCUT2D eigenvalue weighted by atomic mass is 10.0. The normalized spacial score (nSPS) is 17.9. The zero-order valence-corrected chi connectivity index (χ0v) is 20.4. The van der Waals surface area contributed by atoms with Crippen molar-refractivity contribution >= 4 is 46.0 Å². The second-order valence-electron chi connectivity index (χ2n) is 8.62. The molecule has 172 valence electrons. The minimum Gasteiger partial charge on any atom is -0.325 e. The van der Waals surface area contributed by atoms with Gasteiger partial charge in [-0.2, -0.15) is 0 Å². The first-order valence-electron chi connectivity index (χ1n) is 11.6. The Hall–Kier alpha value is -2.93. The number of hydrogen-bond acceptors (Lipinski definition) is 5. The van der Waals surface area contributed by atoms with E-state index >= 15 is 0 Å². The molecule has 6 nitrogen and oxygen atoms in total. The summed E-state index contributed by atoms with van der Waals surface area (Å²) in [4.78, 5) is 37.4. The van der Waals surface area contributed by atoms with Crippen LogP contribution in [0.1, 0.15) is 64.0 Å². The van der Waals surface area contributed by atoms with Gasteiger partial charge in [0.2, 0.25) is 5.91 Å². The fraction of sp³-hybridized carbons (Fsp3) is 0.385. The minimum absolute atomic E-state index is 0.0628. The summed E-state index contributed by atoms with van der Waals surface area (Å²) in [5.74, 6) is 0.918. The molecule has 0 aliphatic carbocycles. The Morgan fingerprint density at radius 3 is 2.52 bits per heavy atom. The maximum Gasteiger partial charge on any atom is 0.259 e. The number of rotatable bonds is 7. The molecule has 0 saturated heterocycles. The average molecular weight is 463 g/mol. The first kappa shape index (κ1) is 23.2. The largest absolute Gasteiger partial charge is 0.325 e. The number of fused-ring (bicyclic) bond motifs is 3. The predicted molar refractivity (Wildman–Crippen MR) is 136 cm³/mol. The standard InChI is InChI=1S/C26H30N4O2S/c1-5-9-21-25(32)30-23(28-21)19-10-7-8-11-20(19)29-26(30)33-22(6-2)24(31)27-18-14-12-17(13-15-18)16(3)4/h7-8,10-16,21-22H,5-6,9H2,1-4H3,(H,27,31)/t21-,22+/m0/s1. The molecule has 2 aromatic carbocycles. The highest BCUT2D eigenvalue weighted by Gasteiger charge is 2.42. The first-order chi connectivity index (χ1) is 15.9. The Morgan fingerprint density at radius 2 is 1.85 bits per heavy atom. The molecule has 0 bridgehead atoms. The van der Waals surface area contributed by atoms with E-state index in [-0.39, 0.29) is 11.8 Å². The van der Waals surface area contributed by atoms with Gasteiger partial charge in [-0.05, 0) is 48.6 Å². The van der Waals surface area contributed by atoms with Crippen molar-refractivity contribution in [3.63, 3.8) is 0 Å². The highest BCUT2D eigenvalue weighted by Crippen LogP contribution is 2.36. The molecule has 0 radical (unpaired) electrons. The number of aliphatic imine (C=N–C) groups is 2. The van der Waals surface area contributed by atoms with Gasteiger partial charge < -0.3 is 5.32 Å². The lowest BCUT2D eigenvalue weighted by Gasteiger charge is -2.27. The predicted octanol–water partition coefficient (Wildman–Crippen LogP) is 5.72. The Kier molecular flexibility index (Phi) is 6.98. The third-order valence-corrected chi connectivity index (χ3v) is 7.18. The Balaban J connectivity index is 1.57. The van der Waals surface area contributed by atoms with Crippen LogP contribution in [0.3, 0.4) is 0 Å². The molecule has 0 aromatic heterocycles. The molecule has 7 heteroatoms. The number of carbonyl (C=O) groups excluding carboxylic acids is 2. The van der Waals surface area contributed by atoms with Crippen LogP contribution in [0.2, 0.25) is 0 Å². The van der Waals surface area contributed by atoms with Crippen molar-refractivity contribution in [2.45, 2.75) is 64.2 Å². The van der Waals surface area contributed by atoms with Crippen LogP contribution in [0.15, 0.2) is 58.5 Å². The van der Waals surface area contributed by atoms with Crippen LogP contribution in [0, 0.1) is 0 Å². The van der Waals surface area contributed by atoms with Crippen LogP contribution >= 0.6 is 11.8 Å². The Bertz CT molecular complexity index is 1110. The Labute approximate surface area is 199 Å². The molecule has 1 N–H and O–H groups in total. The quantitative estimate of drug-likeness (QED) is 0.572. The summed E-state index contributed by atoms with van der Waals surface area (Å²) in [5.41, 5.74) is 3.63. The van der Waals surface area contributed by atoms with Gasteiger partial charge >= 0.3 is 0 Å². The van der Waals surface area contributed by atoms with E-state index in [2.05, 4.69) is 19.2 Å². The topological polar surface area (TPSA) is 74.1 Å². The van der Waals surface area contributed by atoms with Gasteiger partial charge in [-0.3, -0.25) is 14.6 Å². The van der Waals surface area contributed by atoms with E-state index in [9.17, 15) is 9.59 Å². The van der Waals surface area contributed by atoms with E-state index < -0.39 is 11.3 Å². The van der Waals surface area contributed by atoms with Crippen LogP contribution in [0.4, 0.5) is 11.4 Å². The average Bonchev–Trinajstić information content (AvgIpc) is 3.14. The highest BCUT2D eigenvalue weighted by molar-refractivity contribution is 8.15. The van der Waals surface area contributed by atoms with E-state index in [0.29, 0.717) is 29.8 Å². The van der Waals surface area contributed by atoms with E-state index in [0.717, 1.165) is 23.4 Å². The first-order valence-corrected chi connectivity index (χ1v) is 12.5. The summed E-state index contributed by atoms with van der Waals surface area (Å²) in [6.45, 7) is 8.30. The van der Waals surface area contributed by atoms with Gasteiger partial charge in [0, 0.05) is 11.3 Å². The van der Waals surface area contributed by atoms with Gasteiger partial charge in [0.25, 0.3) is 5.91 Å². The molecular weight excluding hydrogens is 432 g/mol. The molecule has 4 rings (SSSR count). The summed E-state index contributed by atoms with van der Waals surface area (Å²) in [7, 11) is 0. The van der Waals surface area contributed by atoms with Gasteiger partial charge in [-0.15, -0.1) is 0 Å². The van der Waals surface area contributed by atoms with Gasteiger partial charge in [-0.25, -0.2) is 9.89 Å². The molecule has 0 spiro atoms. The van der Waals surface area contributed by atoms with Crippen molar-refractivity contribution in [3.8, 4) is 0 Å². The molecular formula is C26H30N4O2S. The number of para-hydroxylation sites is 1. The van der Waals surface area contributed by atoms with Crippen LogP contribution in [0.5, 0.6) is 0 Å². The van der Waals surface area contributed by atoms with Crippen LogP contribution in [0.25, 0.3) is 0 Å². The lowest BCUT2D eigenvalue weighted by molar-refractivity contribution is -0.124. The summed E-state index contributed by atoms with van der Waals surface area (Å²) in [6, 6.07) is 15.3. The number of benzene rings is 2. The SMILES string of the molecule is CCC[C@@H]1N=C2c3ccccc3N=C(S[C@H](CC)C(=O)Nc3ccc(C(C)C)cc3)N2C1=O. The fourth-order valence-electron chi connectivity index (χ4n) is 3.97. The minimum atomic E-state index is -0.393. The van der Waals surface area contributed by atoms with Crippen molar-refractivity contribution in [2.24, 2.45) is 9.98 Å². The molecule has 2 amide bonds. The lowest BCUT2D eigenvalue weighted by Crippen LogP contribution is -2.42. The number of carbonyl (C=O) groups is 2. The van der Waals surface area contributed by atoms with Crippen LogP contribution in [-0.2, 0) is 9.59 Å². The van der Waals surface area contributed by atoms with Crippen molar-refractivity contribution in [2.75, 3.05) is 5.32 Å². The van der Waals surface area contributed by atoms with Crippen molar-refractivity contribution in [3.05, 3.63) is 59.7 Å². The number of amides is 2. The van der Waals surface area contributed by atoms with Crippen LogP contribution < -0.4 is 5.32 Å². The van der Waals surface area contributed by atoms with E-state index in [1.807, 2.05) is 62.4 Å². The molecule has 2 aliphatic rings. The number of nitrogens with zero attached hydrogens (tertiary/aromatic N) is 3. The van der Waals surface area contributed by atoms with Gasteiger partial charge in [0.05, 0.1) is 10.9 Å². The number of anilines is 1. The molecule has 2 aliphatic heterocycles. The monoisotopic (exact) mass is 462 g/mol. The van der Waals surface area contributed by atoms with Gasteiger partial charge in [-0.1, -0.05) is 70.1 Å². The smallest absolute Gasteiger partial charge is 0.259 e. The fourth-order valence-corrected chi connectivity index (χ4v) is 4.99. The molecule has 2 atom stereocenters. The molecule has 33 heavy (non-hydrogen) atoms. The summed E-state index contributed by atoms with van der Waals surface area (Å²) in [6.07, 6.45) is 2.18. The molecule has 0 fully saturated rings. The maximum absolute atomic E-state index is 13.2. The second kappa shape index (κ2) is 9.91. The van der Waals surface area contributed by atoms with Crippen molar-refractivity contribution in [1.29, 1.82) is 0 Å². The van der Waals surface area contributed by atoms with Crippen LogP contribution in [-0.4, -0.2) is 39.0 Å². The zero-order valence-electron chi connectivity index (χ0n) is 19.5. The number of thioether (sulfide) groups is 1. The van der Waals surface area contributed by atoms with Gasteiger partial charge in [0.15, 0.2) is 5.17 Å².